The molecule has 9 nitrogen and oxygen atoms in total. The van der Waals surface area contributed by atoms with E-state index in [1.807, 2.05) is 0 Å². The normalized spacial score (nSPS) is 20.6. The highest BCUT2D eigenvalue weighted by molar-refractivity contribution is 6.31. The summed E-state index contributed by atoms with van der Waals surface area (Å²) in [6, 6.07) is 3.79. The lowest BCUT2D eigenvalue weighted by Crippen LogP contribution is -2.54. The van der Waals surface area contributed by atoms with Crippen molar-refractivity contribution in [3.63, 3.8) is 0 Å². The number of nitrogens with one attached hydrogen (secondary N) is 1. The van der Waals surface area contributed by atoms with Crippen molar-refractivity contribution in [1.82, 2.24) is 20.2 Å². The molecule has 0 bridgehead atoms. The van der Waals surface area contributed by atoms with Crippen LogP contribution < -0.4 is 14.8 Å². The number of ether oxygens (including phenoxy) is 4. The van der Waals surface area contributed by atoms with E-state index >= 15 is 0 Å². The van der Waals surface area contributed by atoms with Crippen LogP contribution in [0.5, 0.6) is 11.9 Å². The van der Waals surface area contributed by atoms with Crippen molar-refractivity contribution in [2.45, 2.75) is 57.2 Å². The van der Waals surface area contributed by atoms with Crippen LogP contribution in [0.3, 0.4) is 0 Å². The van der Waals surface area contributed by atoms with Gasteiger partial charge < -0.3 is 29.2 Å². The summed E-state index contributed by atoms with van der Waals surface area (Å²) in [5.41, 5.74) is 0.0420. The van der Waals surface area contributed by atoms with Gasteiger partial charge in [0.15, 0.2) is 0 Å². The van der Waals surface area contributed by atoms with Gasteiger partial charge in [0.25, 0.3) is 5.91 Å². The SMILES string of the molecule is COc1nc(OCc2ccc(C(F)(F)F)c(Cl)c2)c(C)c(C(=O)N2CCC(NC3CCOCC3OC)CC2)n1. The third-order valence-electron chi connectivity index (χ3n) is 7.02. The first-order chi connectivity index (χ1) is 18.6. The lowest BCUT2D eigenvalue weighted by atomic mass is 9.99. The molecule has 2 unspecified atom stereocenters. The van der Waals surface area contributed by atoms with Crippen LogP contribution in [-0.2, 0) is 22.3 Å². The number of rotatable bonds is 8. The van der Waals surface area contributed by atoms with Gasteiger partial charge in [0.1, 0.15) is 12.3 Å². The van der Waals surface area contributed by atoms with Gasteiger partial charge in [0, 0.05) is 44.5 Å². The molecule has 1 aromatic heterocycles. The summed E-state index contributed by atoms with van der Waals surface area (Å²) in [6.07, 6.45) is -2.12. The highest BCUT2D eigenvalue weighted by Crippen LogP contribution is 2.35. The van der Waals surface area contributed by atoms with Crippen LogP contribution in [0.25, 0.3) is 0 Å². The summed E-state index contributed by atoms with van der Waals surface area (Å²) >= 11 is 5.82. The number of carbonyl (C=O) groups is 1. The Bertz CT molecular complexity index is 1160. The second kappa shape index (κ2) is 12.7. The van der Waals surface area contributed by atoms with Gasteiger partial charge in [-0.25, -0.2) is 0 Å². The van der Waals surface area contributed by atoms with Crippen molar-refractivity contribution in [3.8, 4) is 11.9 Å². The molecule has 13 heteroatoms. The molecule has 39 heavy (non-hydrogen) atoms. The lowest BCUT2D eigenvalue weighted by Gasteiger charge is -2.38. The van der Waals surface area contributed by atoms with Crippen LogP contribution in [0.1, 0.15) is 46.4 Å². The molecule has 2 aliphatic rings. The van der Waals surface area contributed by atoms with Crippen LogP contribution in [0.4, 0.5) is 13.2 Å². The number of methoxy groups -OCH3 is 2. The van der Waals surface area contributed by atoms with E-state index in [1.54, 1.807) is 18.9 Å². The number of alkyl halides is 3. The Morgan fingerprint density at radius 3 is 2.59 bits per heavy atom. The van der Waals surface area contributed by atoms with Gasteiger partial charge in [-0.1, -0.05) is 17.7 Å². The molecule has 2 saturated heterocycles. The predicted octanol–water partition coefficient (Wildman–Crippen LogP) is 4.04. The zero-order valence-electron chi connectivity index (χ0n) is 22.0. The minimum atomic E-state index is -4.55. The number of hydrogen-bond acceptors (Lipinski definition) is 8. The van der Waals surface area contributed by atoms with Crippen LogP contribution in [0.15, 0.2) is 18.2 Å². The van der Waals surface area contributed by atoms with Crippen LogP contribution in [-0.4, -0.2) is 79.5 Å². The molecule has 1 N–H and O–H groups in total. The molecule has 4 rings (SSSR count). The van der Waals surface area contributed by atoms with Gasteiger partial charge >= 0.3 is 12.2 Å². The fourth-order valence-corrected chi connectivity index (χ4v) is 5.09. The van der Waals surface area contributed by atoms with E-state index in [4.69, 9.17) is 30.5 Å². The topological polar surface area (TPSA) is 95.0 Å². The predicted molar refractivity (Wildman–Crippen MR) is 136 cm³/mol. The lowest BCUT2D eigenvalue weighted by molar-refractivity contribution is -0.137. The minimum absolute atomic E-state index is 0.00608. The third kappa shape index (κ3) is 7.10. The van der Waals surface area contributed by atoms with Crippen molar-refractivity contribution in [2.24, 2.45) is 0 Å². The van der Waals surface area contributed by atoms with E-state index < -0.39 is 16.8 Å². The molecular formula is C26H32ClF3N4O5. The van der Waals surface area contributed by atoms with E-state index in [1.165, 1.54) is 19.2 Å². The Balaban J connectivity index is 1.41. The quantitative estimate of drug-likeness (QED) is 0.506. The average molecular weight is 573 g/mol. The largest absolute Gasteiger partial charge is 0.472 e. The maximum Gasteiger partial charge on any atom is 0.417 e. The first kappa shape index (κ1) is 29.3. The fourth-order valence-electron chi connectivity index (χ4n) is 4.78. The molecule has 2 aromatic rings. The van der Waals surface area contributed by atoms with E-state index in [0.717, 1.165) is 25.3 Å². The van der Waals surface area contributed by atoms with Crippen molar-refractivity contribution in [1.29, 1.82) is 0 Å². The van der Waals surface area contributed by atoms with Crippen LogP contribution in [0, 0.1) is 6.92 Å². The molecule has 1 amide bonds. The fraction of sp³-hybridized carbons (Fsp3) is 0.577. The number of carbonyl (C=O) groups excluding carboxylic acids is 1. The summed E-state index contributed by atoms with van der Waals surface area (Å²) in [5, 5.41) is 3.24. The van der Waals surface area contributed by atoms with E-state index in [0.29, 0.717) is 37.4 Å². The van der Waals surface area contributed by atoms with Gasteiger partial charge in [0.2, 0.25) is 5.88 Å². The number of piperidine rings is 1. The van der Waals surface area contributed by atoms with E-state index in [-0.39, 0.29) is 48.3 Å². The first-order valence-corrected chi connectivity index (χ1v) is 13.1. The van der Waals surface area contributed by atoms with E-state index in [9.17, 15) is 18.0 Å². The van der Waals surface area contributed by atoms with Crippen LogP contribution >= 0.6 is 11.6 Å². The van der Waals surface area contributed by atoms with E-state index in [2.05, 4.69) is 15.3 Å². The maximum atomic E-state index is 13.4. The second-order valence-electron chi connectivity index (χ2n) is 9.57. The number of nitrogens with zero attached hydrogens (tertiary/aromatic N) is 3. The highest BCUT2D eigenvalue weighted by atomic mass is 35.5. The van der Waals surface area contributed by atoms with Crippen molar-refractivity contribution >= 4 is 17.5 Å². The molecule has 2 fully saturated rings. The Morgan fingerprint density at radius 2 is 1.95 bits per heavy atom. The molecule has 0 saturated carbocycles. The highest BCUT2D eigenvalue weighted by Gasteiger charge is 2.34. The Morgan fingerprint density at radius 1 is 1.21 bits per heavy atom. The number of amides is 1. The van der Waals surface area contributed by atoms with Crippen molar-refractivity contribution < 1.29 is 36.9 Å². The summed E-state index contributed by atoms with van der Waals surface area (Å²) in [6.45, 7) is 3.90. The number of halogens is 4. The third-order valence-corrected chi connectivity index (χ3v) is 7.33. The summed E-state index contributed by atoms with van der Waals surface area (Å²) in [4.78, 5) is 23.6. The Kier molecular flexibility index (Phi) is 9.52. The van der Waals surface area contributed by atoms with Gasteiger partial charge in [-0.2, -0.15) is 23.1 Å². The average Bonchev–Trinajstić information content (AvgIpc) is 2.92. The van der Waals surface area contributed by atoms with Crippen molar-refractivity contribution in [3.05, 3.63) is 45.6 Å². The Hall–Kier alpha value is -2.67. The molecule has 214 valence electrons. The second-order valence-corrected chi connectivity index (χ2v) is 9.97. The molecule has 0 spiro atoms. The minimum Gasteiger partial charge on any atom is -0.472 e. The summed E-state index contributed by atoms with van der Waals surface area (Å²) in [7, 11) is 3.06. The Labute approximate surface area is 229 Å². The number of likely N-dealkylation sites (tertiary alicyclic amines) is 1. The van der Waals surface area contributed by atoms with Crippen LogP contribution in [0.2, 0.25) is 5.02 Å². The molecule has 0 aliphatic carbocycles. The van der Waals surface area contributed by atoms with Crippen molar-refractivity contribution in [2.75, 3.05) is 40.5 Å². The first-order valence-electron chi connectivity index (χ1n) is 12.7. The van der Waals surface area contributed by atoms with Gasteiger partial charge in [-0.05, 0) is 43.9 Å². The standard InChI is InChI=1S/C26H32ClF3N4O5/c1-15-22(24(35)34-9-6-17(7-10-34)31-20-8-11-38-14-21(20)36-2)32-25(37-3)33-23(15)39-13-16-4-5-18(19(27)12-16)26(28,29)30/h4-5,12,17,20-21,31H,6-11,13-14H2,1-3H3. The smallest absolute Gasteiger partial charge is 0.417 e. The molecule has 2 aliphatic heterocycles. The summed E-state index contributed by atoms with van der Waals surface area (Å²) in [5.74, 6) is -0.169. The van der Waals surface area contributed by atoms with Gasteiger partial charge in [-0.3, -0.25) is 4.79 Å². The van der Waals surface area contributed by atoms with Gasteiger partial charge in [-0.15, -0.1) is 0 Å². The maximum absolute atomic E-state index is 13.4. The monoisotopic (exact) mass is 572 g/mol. The van der Waals surface area contributed by atoms with Gasteiger partial charge in [0.05, 0.1) is 30.4 Å². The zero-order chi connectivity index (χ0) is 28.2. The number of benzene rings is 1. The zero-order valence-corrected chi connectivity index (χ0v) is 22.8. The molecular weight excluding hydrogens is 541 g/mol. The molecule has 3 heterocycles. The molecule has 1 aromatic carbocycles. The molecule has 2 atom stereocenters. The molecule has 0 radical (unpaired) electrons. The number of hydrogen-bond donors (Lipinski definition) is 1. The summed E-state index contributed by atoms with van der Waals surface area (Å²) < 4.78 is 61.0. The number of aromatic nitrogens is 2.